The van der Waals surface area contributed by atoms with Crippen LogP contribution in [0.25, 0.3) is 0 Å². The van der Waals surface area contributed by atoms with Gasteiger partial charge in [-0.15, -0.1) is 0 Å². The number of halogens is 3. The fraction of sp³-hybridized carbons (Fsp3) is 0.571. The summed E-state index contributed by atoms with van der Waals surface area (Å²) in [7, 11) is 0. The molecule has 1 N–H and O–H groups in total. The standard InChI is InChI=1S/C14H20F3N/c1-11-4-3-5-13(10-11)7-6-12(2)18-9-8-14(15,16)17/h3-5,10,12,18H,6-9H2,1-2H3. The zero-order valence-corrected chi connectivity index (χ0v) is 10.8. The Morgan fingerprint density at radius 1 is 1.28 bits per heavy atom. The third-order valence-electron chi connectivity index (χ3n) is 2.85. The molecule has 0 heterocycles. The molecule has 0 amide bonds. The Balaban J connectivity index is 2.23. The molecule has 18 heavy (non-hydrogen) atoms. The highest BCUT2D eigenvalue weighted by molar-refractivity contribution is 5.22. The van der Waals surface area contributed by atoms with E-state index in [4.69, 9.17) is 0 Å². The molecular formula is C14H20F3N. The van der Waals surface area contributed by atoms with Gasteiger partial charge in [0, 0.05) is 12.6 Å². The van der Waals surface area contributed by atoms with Crippen LogP contribution in [0.3, 0.4) is 0 Å². The van der Waals surface area contributed by atoms with Crippen LogP contribution in [0.1, 0.15) is 30.9 Å². The largest absolute Gasteiger partial charge is 0.390 e. The molecule has 0 fully saturated rings. The summed E-state index contributed by atoms with van der Waals surface area (Å²) < 4.78 is 35.9. The number of alkyl halides is 3. The third-order valence-corrected chi connectivity index (χ3v) is 2.85. The molecule has 0 spiro atoms. The minimum absolute atomic E-state index is 0.00150. The molecule has 1 rings (SSSR count). The fourth-order valence-electron chi connectivity index (χ4n) is 1.81. The number of benzene rings is 1. The number of hydrogen-bond acceptors (Lipinski definition) is 1. The summed E-state index contributed by atoms with van der Waals surface area (Å²) in [5.74, 6) is 0. The quantitative estimate of drug-likeness (QED) is 0.818. The third kappa shape index (κ3) is 6.64. The first-order chi connectivity index (χ1) is 8.37. The van der Waals surface area contributed by atoms with Crippen LogP contribution in [-0.4, -0.2) is 18.8 Å². The van der Waals surface area contributed by atoms with Gasteiger partial charge in [-0.1, -0.05) is 29.8 Å². The molecule has 1 aromatic carbocycles. The SMILES string of the molecule is Cc1cccc(CCC(C)NCCC(F)(F)F)c1. The highest BCUT2D eigenvalue weighted by atomic mass is 19.4. The second kappa shape index (κ2) is 6.78. The van der Waals surface area contributed by atoms with Gasteiger partial charge in [0.25, 0.3) is 0 Å². The topological polar surface area (TPSA) is 12.0 Å². The van der Waals surface area contributed by atoms with Gasteiger partial charge in [0.1, 0.15) is 0 Å². The van der Waals surface area contributed by atoms with Crippen LogP contribution in [0.4, 0.5) is 13.2 Å². The van der Waals surface area contributed by atoms with Gasteiger partial charge in [0.2, 0.25) is 0 Å². The van der Waals surface area contributed by atoms with Crippen LogP contribution < -0.4 is 5.32 Å². The molecule has 0 saturated carbocycles. The Morgan fingerprint density at radius 2 is 2.00 bits per heavy atom. The normalized spacial score (nSPS) is 13.6. The van der Waals surface area contributed by atoms with Crippen LogP contribution >= 0.6 is 0 Å². The smallest absolute Gasteiger partial charge is 0.314 e. The van der Waals surface area contributed by atoms with Crippen LogP contribution in [-0.2, 0) is 6.42 Å². The Morgan fingerprint density at radius 3 is 2.61 bits per heavy atom. The van der Waals surface area contributed by atoms with E-state index in [1.54, 1.807) is 0 Å². The minimum atomic E-state index is -4.07. The van der Waals surface area contributed by atoms with E-state index in [1.165, 1.54) is 11.1 Å². The van der Waals surface area contributed by atoms with Crippen molar-refractivity contribution in [2.24, 2.45) is 0 Å². The van der Waals surface area contributed by atoms with E-state index in [0.717, 1.165) is 12.8 Å². The van der Waals surface area contributed by atoms with Crippen LogP contribution in [0, 0.1) is 6.92 Å². The van der Waals surface area contributed by atoms with Gasteiger partial charge in [-0.2, -0.15) is 13.2 Å². The first kappa shape index (κ1) is 15.0. The molecule has 0 saturated heterocycles. The molecule has 1 nitrogen and oxygen atoms in total. The lowest BCUT2D eigenvalue weighted by molar-refractivity contribution is -0.133. The van der Waals surface area contributed by atoms with Gasteiger partial charge in [0.15, 0.2) is 0 Å². The maximum absolute atomic E-state index is 12.0. The van der Waals surface area contributed by atoms with E-state index in [-0.39, 0.29) is 12.6 Å². The van der Waals surface area contributed by atoms with Gasteiger partial charge in [0.05, 0.1) is 6.42 Å². The maximum Gasteiger partial charge on any atom is 0.390 e. The molecule has 4 heteroatoms. The number of nitrogens with one attached hydrogen (secondary N) is 1. The van der Waals surface area contributed by atoms with Crippen molar-refractivity contribution in [2.45, 2.75) is 45.3 Å². The summed E-state index contributed by atoms with van der Waals surface area (Å²) in [6, 6.07) is 8.31. The van der Waals surface area contributed by atoms with E-state index in [9.17, 15) is 13.2 Å². The molecule has 0 aliphatic heterocycles. The van der Waals surface area contributed by atoms with Crippen molar-refractivity contribution in [1.29, 1.82) is 0 Å². The summed E-state index contributed by atoms with van der Waals surface area (Å²) in [5.41, 5.74) is 2.45. The van der Waals surface area contributed by atoms with Gasteiger partial charge in [-0.05, 0) is 32.3 Å². The predicted octanol–water partition coefficient (Wildman–Crippen LogP) is 3.86. The summed E-state index contributed by atoms with van der Waals surface area (Å²) in [4.78, 5) is 0. The molecule has 1 aromatic rings. The predicted molar refractivity (Wildman–Crippen MR) is 67.6 cm³/mol. The zero-order valence-electron chi connectivity index (χ0n) is 10.8. The van der Waals surface area contributed by atoms with Crippen molar-refractivity contribution in [3.05, 3.63) is 35.4 Å². The summed E-state index contributed by atoms with van der Waals surface area (Å²) >= 11 is 0. The molecule has 0 bridgehead atoms. The molecule has 0 radical (unpaired) electrons. The van der Waals surface area contributed by atoms with Crippen LogP contribution in [0.15, 0.2) is 24.3 Å². The lowest BCUT2D eigenvalue weighted by atomic mass is 10.0. The minimum Gasteiger partial charge on any atom is -0.314 e. The summed E-state index contributed by atoms with van der Waals surface area (Å²) in [6.45, 7) is 3.96. The lowest BCUT2D eigenvalue weighted by Crippen LogP contribution is -2.30. The Kier molecular flexibility index (Phi) is 5.66. The molecule has 0 aromatic heterocycles. The Hall–Kier alpha value is -1.03. The summed E-state index contributed by atoms with van der Waals surface area (Å²) in [6.07, 6.45) is -3.09. The fourth-order valence-corrected chi connectivity index (χ4v) is 1.81. The van der Waals surface area contributed by atoms with E-state index in [0.29, 0.717) is 0 Å². The van der Waals surface area contributed by atoms with Gasteiger partial charge >= 0.3 is 6.18 Å². The van der Waals surface area contributed by atoms with E-state index >= 15 is 0 Å². The van der Waals surface area contributed by atoms with Gasteiger partial charge < -0.3 is 5.32 Å². The second-order valence-electron chi connectivity index (χ2n) is 4.75. The molecule has 0 aliphatic carbocycles. The van der Waals surface area contributed by atoms with Crippen molar-refractivity contribution in [3.8, 4) is 0 Å². The second-order valence-corrected chi connectivity index (χ2v) is 4.75. The van der Waals surface area contributed by atoms with E-state index in [2.05, 4.69) is 17.4 Å². The monoisotopic (exact) mass is 259 g/mol. The lowest BCUT2D eigenvalue weighted by Gasteiger charge is -2.14. The van der Waals surface area contributed by atoms with E-state index < -0.39 is 12.6 Å². The average Bonchev–Trinajstić information content (AvgIpc) is 2.25. The van der Waals surface area contributed by atoms with E-state index in [1.807, 2.05) is 26.0 Å². The highest BCUT2D eigenvalue weighted by Crippen LogP contribution is 2.18. The van der Waals surface area contributed by atoms with Crippen molar-refractivity contribution < 1.29 is 13.2 Å². The molecule has 1 unspecified atom stereocenters. The molecule has 1 atom stereocenters. The van der Waals surface area contributed by atoms with Crippen molar-refractivity contribution in [3.63, 3.8) is 0 Å². The number of hydrogen-bond donors (Lipinski definition) is 1. The summed E-state index contributed by atoms with van der Waals surface area (Å²) in [5, 5.41) is 2.90. The number of rotatable bonds is 6. The van der Waals surface area contributed by atoms with Crippen molar-refractivity contribution >= 4 is 0 Å². The zero-order chi connectivity index (χ0) is 13.6. The maximum atomic E-state index is 12.0. The molecule has 0 aliphatic rings. The Bertz CT molecular complexity index is 360. The van der Waals surface area contributed by atoms with Crippen molar-refractivity contribution in [2.75, 3.05) is 6.54 Å². The first-order valence-corrected chi connectivity index (χ1v) is 6.22. The molecular weight excluding hydrogens is 239 g/mol. The van der Waals surface area contributed by atoms with Crippen LogP contribution in [0.5, 0.6) is 0 Å². The van der Waals surface area contributed by atoms with Crippen molar-refractivity contribution in [1.82, 2.24) is 5.32 Å². The van der Waals surface area contributed by atoms with Gasteiger partial charge in [-0.25, -0.2) is 0 Å². The first-order valence-electron chi connectivity index (χ1n) is 6.22. The average molecular weight is 259 g/mol. The van der Waals surface area contributed by atoms with Gasteiger partial charge in [-0.3, -0.25) is 0 Å². The van der Waals surface area contributed by atoms with Crippen LogP contribution in [0.2, 0.25) is 0 Å². The Labute approximate surface area is 106 Å². The number of aryl methyl sites for hydroxylation is 2. The highest BCUT2D eigenvalue weighted by Gasteiger charge is 2.26. The molecule has 102 valence electrons.